The third-order valence-electron chi connectivity index (χ3n) is 2.84. The highest BCUT2D eigenvalue weighted by atomic mass is 79.9. The number of carbonyl (C=O) groups is 1. The number of carbonyl (C=O) groups excluding carboxylic acids is 1. The fourth-order valence-corrected chi connectivity index (χ4v) is 2.13. The first-order valence-electron chi connectivity index (χ1n) is 6.20. The molecule has 0 radical (unpaired) electrons. The minimum atomic E-state index is -0.403. The van der Waals surface area contributed by atoms with Gasteiger partial charge in [-0.3, -0.25) is 4.79 Å². The van der Waals surface area contributed by atoms with Gasteiger partial charge in [-0.15, -0.1) is 0 Å². The van der Waals surface area contributed by atoms with Gasteiger partial charge >= 0.3 is 0 Å². The van der Waals surface area contributed by atoms with Gasteiger partial charge in [0.25, 0.3) is 0 Å². The SMILES string of the molecule is COc1ccc(CN(C)C(=O)CCCCBr)cc1F. The van der Waals surface area contributed by atoms with Crippen LogP contribution < -0.4 is 4.74 Å². The zero-order valence-electron chi connectivity index (χ0n) is 11.3. The molecule has 1 aromatic rings. The normalized spacial score (nSPS) is 10.3. The van der Waals surface area contributed by atoms with E-state index >= 15 is 0 Å². The molecule has 0 saturated carbocycles. The summed E-state index contributed by atoms with van der Waals surface area (Å²) in [7, 11) is 3.16. The highest BCUT2D eigenvalue weighted by Gasteiger charge is 2.10. The van der Waals surface area contributed by atoms with Gasteiger partial charge in [-0.05, 0) is 30.5 Å². The average molecular weight is 332 g/mol. The van der Waals surface area contributed by atoms with Crippen molar-refractivity contribution in [1.29, 1.82) is 0 Å². The Labute approximate surface area is 121 Å². The predicted octanol–water partition coefficient (Wildman–Crippen LogP) is 3.36. The maximum Gasteiger partial charge on any atom is 0.222 e. The van der Waals surface area contributed by atoms with Crippen LogP contribution in [-0.2, 0) is 11.3 Å². The number of methoxy groups -OCH3 is 1. The number of rotatable bonds is 7. The zero-order valence-corrected chi connectivity index (χ0v) is 12.9. The summed E-state index contributed by atoms with van der Waals surface area (Å²) in [5, 5.41) is 0.910. The van der Waals surface area contributed by atoms with Crippen LogP contribution in [0.25, 0.3) is 0 Å². The van der Waals surface area contributed by atoms with E-state index in [-0.39, 0.29) is 11.7 Å². The lowest BCUT2D eigenvalue weighted by molar-refractivity contribution is -0.130. The summed E-state index contributed by atoms with van der Waals surface area (Å²) in [6.07, 6.45) is 2.38. The second kappa shape index (κ2) is 8.15. The molecule has 0 aliphatic rings. The highest BCUT2D eigenvalue weighted by Crippen LogP contribution is 2.18. The van der Waals surface area contributed by atoms with Crippen molar-refractivity contribution in [2.75, 3.05) is 19.5 Å². The second-order valence-electron chi connectivity index (χ2n) is 4.36. The van der Waals surface area contributed by atoms with Gasteiger partial charge in [-0.1, -0.05) is 22.0 Å². The topological polar surface area (TPSA) is 29.5 Å². The van der Waals surface area contributed by atoms with Gasteiger partial charge in [0, 0.05) is 25.3 Å². The molecule has 5 heteroatoms. The first-order valence-corrected chi connectivity index (χ1v) is 7.33. The zero-order chi connectivity index (χ0) is 14.3. The molecule has 0 heterocycles. The van der Waals surface area contributed by atoms with Crippen LogP contribution in [0.3, 0.4) is 0 Å². The van der Waals surface area contributed by atoms with Crippen molar-refractivity contribution in [1.82, 2.24) is 4.90 Å². The molecule has 0 aliphatic heterocycles. The Balaban J connectivity index is 2.54. The predicted molar refractivity (Wildman–Crippen MR) is 77.1 cm³/mol. The molecule has 0 N–H and O–H groups in total. The van der Waals surface area contributed by atoms with Crippen LogP contribution in [0.1, 0.15) is 24.8 Å². The lowest BCUT2D eigenvalue weighted by atomic mass is 10.2. The molecule has 3 nitrogen and oxygen atoms in total. The number of benzene rings is 1. The van der Waals surface area contributed by atoms with E-state index < -0.39 is 5.82 Å². The minimum absolute atomic E-state index is 0.0807. The summed E-state index contributed by atoms with van der Waals surface area (Å²) in [5.41, 5.74) is 0.759. The van der Waals surface area contributed by atoms with Crippen LogP contribution >= 0.6 is 15.9 Å². The van der Waals surface area contributed by atoms with Crippen LogP contribution in [0.15, 0.2) is 18.2 Å². The van der Waals surface area contributed by atoms with Crippen LogP contribution in [0, 0.1) is 5.82 Å². The molecule has 0 saturated heterocycles. The third-order valence-corrected chi connectivity index (χ3v) is 3.40. The summed E-state index contributed by atoms with van der Waals surface area (Å²) < 4.78 is 18.4. The monoisotopic (exact) mass is 331 g/mol. The molecule has 0 fully saturated rings. The molecule has 19 heavy (non-hydrogen) atoms. The lowest BCUT2D eigenvalue weighted by Crippen LogP contribution is -2.25. The van der Waals surface area contributed by atoms with Crippen LogP contribution in [0.4, 0.5) is 4.39 Å². The molecule has 1 rings (SSSR count). The van der Waals surface area contributed by atoms with E-state index in [0.717, 1.165) is 23.7 Å². The summed E-state index contributed by atoms with van der Waals surface area (Å²) in [6, 6.07) is 4.75. The molecule has 0 spiro atoms. The molecule has 0 atom stereocenters. The number of hydrogen-bond acceptors (Lipinski definition) is 2. The van der Waals surface area contributed by atoms with Crippen molar-refractivity contribution in [3.05, 3.63) is 29.6 Å². The summed E-state index contributed by atoms with van der Waals surface area (Å²) in [6.45, 7) is 0.411. The van der Waals surface area contributed by atoms with E-state index in [0.29, 0.717) is 13.0 Å². The highest BCUT2D eigenvalue weighted by molar-refractivity contribution is 9.09. The molecule has 1 aromatic carbocycles. The van der Waals surface area contributed by atoms with Crippen LogP contribution in [0.5, 0.6) is 5.75 Å². The number of ether oxygens (including phenoxy) is 1. The van der Waals surface area contributed by atoms with E-state index in [2.05, 4.69) is 15.9 Å². The maximum absolute atomic E-state index is 13.5. The number of amides is 1. The Kier molecular flexibility index (Phi) is 6.84. The van der Waals surface area contributed by atoms with Crippen molar-refractivity contribution in [3.63, 3.8) is 0 Å². The number of nitrogens with zero attached hydrogens (tertiary/aromatic N) is 1. The molecule has 1 amide bonds. The standard InChI is InChI=1S/C14H19BrFNO2/c1-17(14(18)5-3-4-8-15)10-11-6-7-13(19-2)12(16)9-11/h6-7,9H,3-5,8,10H2,1-2H3. The smallest absolute Gasteiger partial charge is 0.222 e. The fraction of sp³-hybridized carbons (Fsp3) is 0.500. The summed E-state index contributed by atoms with van der Waals surface area (Å²) >= 11 is 3.33. The van der Waals surface area contributed by atoms with E-state index in [1.807, 2.05) is 0 Å². The van der Waals surface area contributed by atoms with Gasteiger partial charge in [0.15, 0.2) is 11.6 Å². The van der Waals surface area contributed by atoms with Crippen molar-refractivity contribution in [2.45, 2.75) is 25.8 Å². The Morgan fingerprint density at radius 1 is 1.42 bits per heavy atom. The van der Waals surface area contributed by atoms with Gasteiger partial charge in [-0.25, -0.2) is 4.39 Å². The summed E-state index contributed by atoms with van der Waals surface area (Å²) in [5.74, 6) is -0.104. The molecule has 106 valence electrons. The van der Waals surface area contributed by atoms with Crippen molar-refractivity contribution in [2.24, 2.45) is 0 Å². The first-order chi connectivity index (χ1) is 9.08. The molecule has 0 aliphatic carbocycles. The Bertz CT molecular complexity index is 426. The van der Waals surface area contributed by atoms with Crippen molar-refractivity contribution < 1.29 is 13.9 Å². The lowest BCUT2D eigenvalue weighted by Gasteiger charge is -2.17. The number of hydrogen-bond donors (Lipinski definition) is 0. The first kappa shape index (κ1) is 16.0. The quantitative estimate of drug-likeness (QED) is 0.566. The van der Waals surface area contributed by atoms with E-state index in [4.69, 9.17) is 4.74 Å². The van der Waals surface area contributed by atoms with Gasteiger partial charge in [0.1, 0.15) is 0 Å². The van der Waals surface area contributed by atoms with Gasteiger partial charge in [0.2, 0.25) is 5.91 Å². The molecular formula is C14H19BrFNO2. The fourth-order valence-electron chi connectivity index (χ4n) is 1.73. The minimum Gasteiger partial charge on any atom is -0.494 e. The van der Waals surface area contributed by atoms with Crippen LogP contribution in [-0.4, -0.2) is 30.3 Å². The number of unbranched alkanes of at least 4 members (excludes halogenated alkanes) is 1. The number of alkyl halides is 1. The maximum atomic E-state index is 13.5. The second-order valence-corrected chi connectivity index (χ2v) is 5.16. The average Bonchev–Trinajstić information content (AvgIpc) is 2.39. The molecular weight excluding hydrogens is 313 g/mol. The summed E-state index contributed by atoms with van der Waals surface area (Å²) in [4.78, 5) is 13.4. The van der Waals surface area contributed by atoms with Crippen molar-refractivity contribution in [3.8, 4) is 5.75 Å². The van der Waals surface area contributed by atoms with Crippen LogP contribution in [0.2, 0.25) is 0 Å². The largest absolute Gasteiger partial charge is 0.494 e. The third kappa shape index (κ3) is 5.19. The van der Waals surface area contributed by atoms with Crippen molar-refractivity contribution >= 4 is 21.8 Å². The van der Waals surface area contributed by atoms with E-state index in [9.17, 15) is 9.18 Å². The molecule has 0 unspecified atom stereocenters. The number of halogens is 2. The Morgan fingerprint density at radius 3 is 2.74 bits per heavy atom. The Hall–Kier alpha value is -1.10. The Morgan fingerprint density at radius 2 is 2.16 bits per heavy atom. The molecule has 0 bridgehead atoms. The van der Waals surface area contributed by atoms with E-state index in [1.165, 1.54) is 13.2 Å². The van der Waals surface area contributed by atoms with Gasteiger partial charge in [0.05, 0.1) is 7.11 Å². The van der Waals surface area contributed by atoms with Gasteiger partial charge in [-0.2, -0.15) is 0 Å². The molecule has 0 aromatic heterocycles. The van der Waals surface area contributed by atoms with Gasteiger partial charge < -0.3 is 9.64 Å². The van der Waals surface area contributed by atoms with E-state index in [1.54, 1.807) is 24.1 Å².